The first-order valence-corrected chi connectivity index (χ1v) is 10.7. The number of piperidine rings is 1. The molecule has 0 saturated carbocycles. The van der Waals surface area contributed by atoms with E-state index in [1.807, 2.05) is 19.1 Å². The van der Waals surface area contributed by atoms with Crippen molar-refractivity contribution >= 4 is 33.6 Å². The maximum atomic E-state index is 14.2. The summed E-state index contributed by atoms with van der Waals surface area (Å²) >= 11 is 3.29. The number of anilines is 2. The number of benzene rings is 2. The molecule has 1 fully saturated rings. The maximum absolute atomic E-state index is 14.2. The van der Waals surface area contributed by atoms with Crippen LogP contribution in [0.15, 0.2) is 39.8 Å². The monoisotopic (exact) mass is 460 g/mol. The molecule has 5 nitrogen and oxygen atoms in total. The van der Waals surface area contributed by atoms with E-state index in [-0.39, 0.29) is 12.0 Å². The van der Waals surface area contributed by atoms with Crippen LogP contribution in [0.4, 0.5) is 15.8 Å². The molecule has 2 aromatic rings. The highest BCUT2D eigenvalue weighted by Crippen LogP contribution is 2.36. The minimum atomic E-state index is -0.358. The molecule has 1 atom stereocenters. The first-order chi connectivity index (χ1) is 14.0. The molecule has 0 bridgehead atoms. The van der Waals surface area contributed by atoms with Crippen LogP contribution in [0.2, 0.25) is 0 Å². The zero-order valence-electron chi connectivity index (χ0n) is 16.7. The first kappa shape index (κ1) is 20.2. The molecule has 4 rings (SSSR count). The van der Waals surface area contributed by atoms with Gasteiger partial charge in [0.2, 0.25) is 0 Å². The third-order valence-corrected chi connectivity index (χ3v) is 6.11. The smallest absolute Gasteiger partial charge is 0.148 e. The average Bonchev–Trinajstić information content (AvgIpc) is 2.70. The van der Waals surface area contributed by atoms with E-state index in [9.17, 15) is 4.39 Å². The van der Waals surface area contributed by atoms with E-state index in [0.29, 0.717) is 16.1 Å². The topological polar surface area (TPSA) is 48.9 Å². The van der Waals surface area contributed by atoms with Gasteiger partial charge >= 0.3 is 0 Å². The maximum Gasteiger partial charge on any atom is 0.148 e. The summed E-state index contributed by atoms with van der Waals surface area (Å²) < 4.78 is 21.1. The predicted octanol–water partition coefficient (Wildman–Crippen LogP) is 5.18. The largest absolute Gasteiger partial charge is 0.493 e. The highest BCUT2D eigenvalue weighted by Gasteiger charge is 2.22. The number of aliphatic imine (C=N–C) groups is 1. The minimum absolute atomic E-state index is 0.315. The third-order valence-electron chi connectivity index (χ3n) is 5.62. The molecule has 154 valence electrons. The van der Waals surface area contributed by atoms with Gasteiger partial charge in [0.05, 0.1) is 24.3 Å². The molecule has 2 aliphatic heterocycles. The van der Waals surface area contributed by atoms with E-state index < -0.39 is 0 Å². The molecule has 1 saturated heterocycles. The van der Waals surface area contributed by atoms with E-state index in [4.69, 9.17) is 4.74 Å². The Morgan fingerprint density at radius 2 is 2.07 bits per heavy atom. The second-order valence-corrected chi connectivity index (χ2v) is 8.77. The Kier molecular flexibility index (Phi) is 6.06. The van der Waals surface area contributed by atoms with E-state index in [0.717, 1.165) is 42.3 Å². The molecule has 29 heavy (non-hydrogen) atoms. The number of likely N-dealkylation sites (tertiary alicyclic amines) is 1. The van der Waals surface area contributed by atoms with Gasteiger partial charge in [0.25, 0.3) is 0 Å². The molecule has 0 amide bonds. The molecular weight excluding hydrogens is 435 g/mol. The first-order valence-electron chi connectivity index (χ1n) is 9.95. The van der Waals surface area contributed by atoms with Crippen molar-refractivity contribution in [1.29, 1.82) is 0 Å². The number of halogens is 2. The van der Waals surface area contributed by atoms with Crippen LogP contribution in [-0.2, 0) is 0 Å². The number of hydrogen-bond donors (Lipinski definition) is 2. The van der Waals surface area contributed by atoms with Crippen molar-refractivity contribution in [1.82, 2.24) is 4.90 Å². The van der Waals surface area contributed by atoms with Gasteiger partial charge in [-0.05, 0) is 75.6 Å². The second-order valence-electron chi connectivity index (χ2n) is 7.86. The number of nitrogens with zero attached hydrogens (tertiary/aromatic N) is 2. The Bertz CT molecular complexity index is 912. The van der Waals surface area contributed by atoms with Gasteiger partial charge in [-0.15, -0.1) is 0 Å². The number of aryl methyl sites for hydroxylation is 1. The zero-order chi connectivity index (χ0) is 20.4. The lowest BCUT2D eigenvalue weighted by molar-refractivity contribution is 0.159. The van der Waals surface area contributed by atoms with Crippen LogP contribution in [0.3, 0.4) is 0 Å². The summed E-state index contributed by atoms with van der Waals surface area (Å²) in [6.07, 6.45) is 3.64. The second kappa shape index (κ2) is 8.71. The SMILES string of the molecule is Cc1cc2c(cc1OCC1CCN(C)CC1)NC=NC2Nc1ccc(Br)cc1F. The lowest BCUT2D eigenvalue weighted by atomic mass is 9.98. The summed E-state index contributed by atoms with van der Waals surface area (Å²) in [5, 5.41) is 6.38. The highest BCUT2D eigenvalue weighted by atomic mass is 79.9. The summed E-state index contributed by atoms with van der Waals surface area (Å²) in [6.45, 7) is 5.05. The molecule has 7 heteroatoms. The quantitative estimate of drug-likeness (QED) is 0.644. The zero-order valence-corrected chi connectivity index (χ0v) is 18.3. The molecule has 2 N–H and O–H groups in total. The van der Waals surface area contributed by atoms with Crippen LogP contribution in [0.25, 0.3) is 0 Å². The normalized spacial score (nSPS) is 19.5. The number of nitrogens with one attached hydrogen (secondary N) is 2. The Morgan fingerprint density at radius 1 is 1.28 bits per heavy atom. The van der Waals surface area contributed by atoms with Gasteiger partial charge in [0.1, 0.15) is 17.7 Å². The fourth-order valence-corrected chi connectivity index (χ4v) is 4.12. The van der Waals surface area contributed by atoms with E-state index in [1.165, 1.54) is 18.9 Å². The summed E-state index contributed by atoms with van der Waals surface area (Å²) in [5.74, 6) is 1.18. The Hall–Kier alpha value is -2.12. The molecule has 2 aromatic carbocycles. The van der Waals surface area contributed by atoms with Gasteiger partial charge in [-0.1, -0.05) is 15.9 Å². The Labute approximate surface area is 179 Å². The fourth-order valence-electron chi connectivity index (χ4n) is 3.78. The van der Waals surface area contributed by atoms with Crippen molar-refractivity contribution in [3.05, 3.63) is 51.7 Å². The molecule has 0 radical (unpaired) electrons. The van der Waals surface area contributed by atoms with E-state index in [2.05, 4.69) is 49.6 Å². The average molecular weight is 461 g/mol. The minimum Gasteiger partial charge on any atom is -0.493 e. The van der Waals surface area contributed by atoms with E-state index in [1.54, 1.807) is 12.4 Å². The van der Waals surface area contributed by atoms with Crippen LogP contribution >= 0.6 is 15.9 Å². The summed E-state index contributed by atoms with van der Waals surface area (Å²) in [7, 11) is 2.17. The molecule has 2 aliphatic rings. The van der Waals surface area contributed by atoms with Crippen molar-refractivity contribution in [3.63, 3.8) is 0 Å². The van der Waals surface area contributed by atoms with E-state index >= 15 is 0 Å². The summed E-state index contributed by atoms with van der Waals surface area (Å²) in [6, 6.07) is 9.05. The highest BCUT2D eigenvalue weighted by molar-refractivity contribution is 9.10. The van der Waals surface area contributed by atoms with Gasteiger partial charge in [-0.2, -0.15) is 0 Å². The molecule has 2 heterocycles. The lowest BCUT2D eigenvalue weighted by Gasteiger charge is -2.29. The predicted molar refractivity (Wildman–Crippen MR) is 119 cm³/mol. The van der Waals surface area contributed by atoms with Crippen LogP contribution in [0.1, 0.15) is 30.1 Å². The molecule has 0 spiro atoms. The Morgan fingerprint density at radius 3 is 2.83 bits per heavy atom. The molecular formula is C22H26BrFN4O. The van der Waals surface area contributed by atoms with Crippen LogP contribution in [0.5, 0.6) is 5.75 Å². The molecule has 1 unspecified atom stereocenters. The molecule has 0 aliphatic carbocycles. The number of fused-ring (bicyclic) bond motifs is 1. The van der Waals surface area contributed by atoms with Crippen LogP contribution < -0.4 is 15.4 Å². The molecule has 0 aromatic heterocycles. The van der Waals surface area contributed by atoms with Crippen molar-refractivity contribution in [2.24, 2.45) is 10.9 Å². The standard InChI is InChI=1S/C22H26BrFN4O/c1-14-9-17-20(11-21(14)29-12-15-5-7-28(2)8-6-15)25-13-26-22(17)27-19-4-3-16(23)10-18(19)24/h3-4,9-11,13,15,22,27H,5-8,12H2,1-2H3,(H,25,26). The number of hydrogen-bond acceptors (Lipinski definition) is 5. The van der Waals surface area contributed by atoms with Gasteiger partial charge in [0.15, 0.2) is 0 Å². The van der Waals surface area contributed by atoms with Gasteiger partial charge in [-0.25, -0.2) is 9.38 Å². The Balaban J connectivity index is 1.48. The van der Waals surface area contributed by atoms with Crippen molar-refractivity contribution < 1.29 is 9.13 Å². The number of ether oxygens (including phenoxy) is 1. The van der Waals surface area contributed by atoms with Gasteiger partial charge in [0, 0.05) is 16.1 Å². The van der Waals surface area contributed by atoms with Gasteiger partial charge < -0.3 is 20.3 Å². The van der Waals surface area contributed by atoms with Crippen molar-refractivity contribution in [3.8, 4) is 5.75 Å². The lowest BCUT2D eigenvalue weighted by Crippen LogP contribution is -2.32. The van der Waals surface area contributed by atoms with Crippen molar-refractivity contribution in [2.75, 3.05) is 37.4 Å². The van der Waals surface area contributed by atoms with Crippen molar-refractivity contribution in [2.45, 2.75) is 25.9 Å². The number of rotatable bonds is 5. The van der Waals surface area contributed by atoms with Gasteiger partial charge in [-0.3, -0.25) is 0 Å². The summed E-state index contributed by atoms with van der Waals surface area (Å²) in [4.78, 5) is 6.82. The van der Waals surface area contributed by atoms with Crippen LogP contribution in [0, 0.1) is 18.7 Å². The van der Waals surface area contributed by atoms with Crippen LogP contribution in [-0.4, -0.2) is 38.0 Å². The summed E-state index contributed by atoms with van der Waals surface area (Å²) in [5.41, 5.74) is 3.38. The fraction of sp³-hybridized carbons (Fsp3) is 0.409. The third kappa shape index (κ3) is 4.73.